The maximum atomic E-state index is 13.4. The van der Waals surface area contributed by atoms with Gasteiger partial charge in [-0.1, -0.05) is 11.6 Å². The molecule has 0 aliphatic heterocycles. The van der Waals surface area contributed by atoms with Gasteiger partial charge in [0.2, 0.25) is 0 Å². The number of carbonyl (C=O) groups is 1. The van der Waals surface area contributed by atoms with Crippen LogP contribution in [0.5, 0.6) is 0 Å². The van der Waals surface area contributed by atoms with Gasteiger partial charge in [0.05, 0.1) is 16.7 Å². The number of benzene rings is 1. The lowest BCUT2D eigenvalue weighted by molar-refractivity contribution is 0.0502. The van der Waals surface area contributed by atoms with E-state index >= 15 is 0 Å². The molecule has 3 N–H and O–H groups in total. The molecule has 0 saturated heterocycles. The Bertz CT molecular complexity index is 500. The van der Waals surface area contributed by atoms with E-state index in [-0.39, 0.29) is 5.02 Å². The summed E-state index contributed by atoms with van der Waals surface area (Å²) in [6.45, 7) is 0. The molecule has 2 atom stereocenters. The van der Waals surface area contributed by atoms with Gasteiger partial charge in [-0.25, -0.2) is 9.18 Å². The van der Waals surface area contributed by atoms with Crippen molar-refractivity contribution in [2.45, 2.75) is 12.2 Å². The van der Waals surface area contributed by atoms with E-state index in [1.165, 1.54) is 6.07 Å². The first kappa shape index (κ1) is 13.4. The Kier molecular flexibility index (Phi) is 4.02. The average molecular weight is 260 g/mol. The fourth-order valence-corrected chi connectivity index (χ4v) is 1.45. The van der Waals surface area contributed by atoms with E-state index in [2.05, 4.69) is 0 Å². The van der Waals surface area contributed by atoms with Crippen LogP contribution in [0.15, 0.2) is 12.1 Å². The van der Waals surface area contributed by atoms with Gasteiger partial charge < -0.3 is 15.3 Å². The van der Waals surface area contributed by atoms with Crippen LogP contribution in [-0.2, 0) is 0 Å². The third-order valence-corrected chi connectivity index (χ3v) is 2.38. The van der Waals surface area contributed by atoms with Gasteiger partial charge in [0.25, 0.3) is 0 Å². The van der Waals surface area contributed by atoms with E-state index in [0.29, 0.717) is 6.07 Å². The van der Waals surface area contributed by atoms with Crippen molar-refractivity contribution in [2.24, 2.45) is 0 Å². The molecular weight excluding hydrogens is 253 g/mol. The van der Waals surface area contributed by atoms with Gasteiger partial charge in [-0.15, -0.1) is 0 Å². The molecule has 5 nitrogen and oxygen atoms in total. The number of aliphatic hydroxyl groups is 2. The molecule has 1 aromatic rings. The average Bonchev–Trinajstić information content (AvgIpc) is 2.29. The molecule has 0 aliphatic rings. The van der Waals surface area contributed by atoms with Crippen LogP contribution in [0.2, 0.25) is 5.02 Å². The third-order valence-electron chi connectivity index (χ3n) is 2.07. The quantitative estimate of drug-likeness (QED) is 0.706. The van der Waals surface area contributed by atoms with E-state index in [1.54, 1.807) is 0 Å². The van der Waals surface area contributed by atoms with Gasteiger partial charge in [0.1, 0.15) is 11.9 Å². The van der Waals surface area contributed by atoms with Gasteiger partial charge in [-0.05, 0) is 12.1 Å². The number of hydrogen-bond acceptors (Lipinski definition) is 4. The molecule has 0 saturated carbocycles. The second-order valence-corrected chi connectivity index (χ2v) is 3.58. The summed E-state index contributed by atoms with van der Waals surface area (Å²) in [6.07, 6.45) is -3.61. The molecule has 90 valence electrons. The van der Waals surface area contributed by atoms with Crippen molar-refractivity contribution in [3.63, 3.8) is 0 Å². The normalized spacial score (nSPS) is 13.8. The van der Waals surface area contributed by atoms with Crippen LogP contribution in [0.4, 0.5) is 4.39 Å². The molecule has 17 heavy (non-hydrogen) atoms. The van der Waals surface area contributed by atoms with E-state index in [9.17, 15) is 14.3 Å². The summed E-state index contributed by atoms with van der Waals surface area (Å²) in [5.41, 5.74) is -0.902. The van der Waals surface area contributed by atoms with Gasteiger partial charge in [-0.2, -0.15) is 5.26 Å². The number of hydrogen-bond donors (Lipinski definition) is 3. The van der Waals surface area contributed by atoms with Crippen molar-refractivity contribution in [1.82, 2.24) is 0 Å². The number of halogens is 2. The Hall–Kier alpha value is -1.68. The first-order valence-electron chi connectivity index (χ1n) is 4.36. The van der Waals surface area contributed by atoms with E-state index in [0.717, 1.165) is 6.07 Å². The highest BCUT2D eigenvalue weighted by molar-refractivity contribution is 6.33. The Balaban J connectivity index is 3.26. The SMILES string of the molecule is N#CC(O)C(O)c1cc(Cl)c(C(=O)O)cc1F. The Morgan fingerprint density at radius 1 is 1.47 bits per heavy atom. The smallest absolute Gasteiger partial charge is 0.337 e. The lowest BCUT2D eigenvalue weighted by Gasteiger charge is -2.14. The molecule has 0 fully saturated rings. The standard InChI is InChI=1S/C10H7ClFNO4/c11-6-1-5(9(15)8(14)3-13)7(12)2-4(6)10(16)17/h1-2,8-9,14-15H,(H,16,17). The molecule has 0 bridgehead atoms. The first-order chi connectivity index (χ1) is 7.88. The lowest BCUT2D eigenvalue weighted by atomic mass is 10.0. The lowest BCUT2D eigenvalue weighted by Crippen LogP contribution is -2.17. The number of rotatable bonds is 3. The molecule has 0 heterocycles. The number of nitriles is 1. The van der Waals surface area contributed by atoms with Crippen LogP contribution in [0.3, 0.4) is 0 Å². The summed E-state index contributed by atoms with van der Waals surface area (Å²) >= 11 is 5.57. The van der Waals surface area contributed by atoms with Gasteiger partial charge >= 0.3 is 5.97 Å². The number of aliphatic hydroxyl groups excluding tert-OH is 2. The fourth-order valence-electron chi connectivity index (χ4n) is 1.19. The topological polar surface area (TPSA) is 102 Å². The number of carboxylic acids is 1. The maximum Gasteiger partial charge on any atom is 0.337 e. The van der Waals surface area contributed by atoms with Crippen LogP contribution in [0.25, 0.3) is 0 Å². The highest BCUT2D eigenvalue weighted by atomic mass is 35.5. The summed E-state index contributed by atoms with van der Waals surface area (Å²) in [7, 11) is 0. The minimum absolute atomic E-state index is 0.293. The molecule has 7 heteroatoms. The van der Waals surface area contributed by atoms with Crippen molar-refractivity contribution < 1.29 is 24.5 Å². The summed E-state index contributed by atoms with van der Waals surface area (Å²) in [6, 6.07) is 2.81. The van der Waals surface area contributed by atoms with E-state index in [1.807, 2.05) is 0 Å². The number of carboxylic acid groups (broad SMARTS) is 1. The molecule has 0 spiro atoms. The zero-order valence-corrected chi connectivity index (χ0v) is 9.02. The molecule has 2 unspecified atom stereocenters. The number of aromatic carboxylic acids is 1. The van der Waals surface area contributed by atoms with Crippen molar-refractivity contribution in [3.8, 4) is 6.07 Å². The second-order valence-electron chi connectivity index (χ2n) is 3.18. The monoisotopic (exact) mass is 259 g/mol. The van der Waals surface area contributed by atoms with Crippen LogP contribution in [0, 0.1) is 17.1 Å². The van der Waals surface area contributed by atoms with Crippen LogP contribution >= 0.6 is 11.6 Å². The molecule has 0 aromatic heterocycles. The highest BCUT2D eigenvalue weighted by Gasteiger charge is 2.23. The summed E-state index contributed by atoms with van der Waals surface area (Å²) in [5, 5.41) is 35.2. The highest BCUT2D eigenvalue weighted by Crippen LogP contribution is 2.26. The van der Waals surface area contributed by atoms with Crippen molar-refractivity contribution in [3.05, 3.63) is 34.1 Å². The van der Waals surface area contributed by atoms with Crippen LogP contribution in [-0.4, -0.2) is 27.4 Å². The predicted molar refractivity (Wildman–Crippen MR) is 54.9 cm³/mol. The molecule has 0 amide bonds. The third kappa shape index (κ3) is 2.71. The molecule has 1 aromatic carbocycles. The summed E-state index contributed by atoms with van der Waals surface area (Å²) < 4.78 is 13.4. The van der Waals surface area contributed by atoms with Crippen molar-refractivity contribution in [1.29, 1.82) is 5.26 Å². The molecule has 0 radical (unpaired) electrons. The maximum absolute atomic E-state index is 13.4. The Morgan fingerprint density at radius 2 is 2.06 bits per heavy atom. The Morgan fingerprint density at radius 3 is 2.53 bits per heavy atom. The van der Waals surface area contributed by atoms with E-state index < -0.39 is 35.1 Å². The zero-order chi connectivity index (χ0) is 13.2. The van der Waals surface area contributed by atoms with Gasteiger partial charge in [-0.3, -0.25) is 0 Å². The fraction of sp³-hybridized carbons (Fsp3) is 0.200. The van der Waals surface area contributed by atoms with Crippen LogP contribution < -0.4 is 0 Å². The van der Waals surface area contributed by atoms with Gasteiger partial charge in [0, 0.05) is 5.56 Å². The second kappa shape index (κ2) is 5.10. The molecular formula is C10H7ClFNO4. The van der Waals surface area contributed by atoms with Gasteiger partial charge in [0.15, 0.2) is 6.10 Å². The number of nitrogens with zero attached hydrogens (tertiary/aromatic N) is 1. The largest absolute Gasteiger partial charge is 0.478 e. The van der Waals surface area contributed by atoms with Crippen molar-refractivity contribution >= 4 is 17.6 Å². The Labute approximate surface area is 100 Å². The minimum Gasteiger partial charge on any atom is -0.478 e. The van der Waals surface area contributed by atoms with Crippen LogP contribution in [0.1, 0.15) is 22.0 Å². The molecule has 0 aliphatic carbocycles. The van der Waals surface area contributed by atoms with E-state index in [4.69, 9.17) is 27.1 Å². The summed E-state index contributed by atoms with van der Waals surface area (Å²) in [5.74, 6) is -2.48. The first-order valence-corrected chi connectivity index (χ1v) is 4.74. The zero-order valence-electron chi connectivity index (χ0n) is 8.26. The predicted octanol–water partition coefficient (Wildman–Crippen LogP) is 1.10. The van der Waals surface area contributed by atoms with Crippen molar-refractivity contribution in [2.75, 3.05) is 0 Å². The minimum atomic E-state index is -1.82. The summed E-state index contributed by atoms with van der Waals surface area (Å²) in [4.78, 5) is 10.6. The molecule has 1 rings (SSSR count).